The van der Waals surface area contributed by atoms with E-state index in [1.54, 1.807) is 12.1 Å². The summed E-state index contributed by atoms with van der Waals surface area (Å²) in [6.45, 7) is 3.28. The van der Waals surface area contributed by atoms with Gasteiger partial charge in [0, 0.05) is 24.0 Å². The quantitative estimate of drug-likeness (QED) is 0.770. The number of H-pyrrole nitrogens is 1. The van der Waals surface area contributed by atoms with Gasteiger partial charge >= 0.3 is 0 Å². The van der Waals surface area contributed by atoms with Crippen LogP contribution in [0.15, 0.2) is 54.6 Å². The smallest absolute Gasteiger partial charge is 0.270 e. The number of nitriles is 1. The molecule has 0 fully saturated rings. The Morgan fingerprint density at radius 2 is 1.92 bits per heavy atom. The lowest BCUT2D eigenvalue weighted by molar-refractivity contribution is 0.0738. The summed E-state index contributed by atoms with van der Waals surface area (Å²) in [5, 5.41) is 9.92. The molecule has 1 heterocycles. The molecular formula is C20H19N3O. The highest BCUT2D eigenvalue weighted by atomic mass is 16.2. The summed E-state index contributed by atoms with van der Waals surface area (Å²) in [6, 6.07) is 19.3. The van der Waals surface area contributed by atoms with Crippen molar-refractivity contribution in [1.29, 1.82) is 5.26 Å². The van der Waals surface area contributed by atoms with Gasteiger partial charge in [-0.25, -0.2) is 0 Å². The van der Waals surface area contributed by atoms with Gasteiger partial charge in [0.2, 0.25) is 0 Å². The molecule has 1 amide bonds. The van der Waals surface area contributed by atoms with Gasteiger partial charge in [-0.1, -0.05) is 37.3 Å². The summed E-state index contributed by atoms with van der Waals surface area (Å²) in [5.41, 5.74) is 3.23. The van der Waals surface area contributed by atoms with Crippen molar-refractivity contribution in [2.45, 2.75) is 19.9 Å². The number of para-hydroxylation sites is 1. The van der Waals surface area contributed by atoms with Gasteiger partial charge in [-0.2, -0.15) is 5.26 Å². The number of hydrogen-bond donors (Lipinski definition) is 1. The van der Waals surface area contributed by atoms with E-state index < -0.39 is 0 Å². The van der Waals surface area contributed by atoms with Gasteiger partial charge in [0.05, 0.1) is 11.6 Å². The third-order valence-electron chi connectivity index (χ3n) is 4.00. The number of carbonyl (C=O) groups is 1. The number of nitrogens with zero attached hydrogens (tertiary/aromatic N) is 2. The average Bonchev–Trinajstić information content (AvgIpc) is 3.05. The van der Waals surface area contributed by atoms with Crippen LogP contribution in [0, 0.1) is 11.3 Å². The topological polar surface area (TPSA) is 59.9 Å². The first-order valence-corrected chi connectivity index (χ1v) is 8.07. The van der Waals surface area contributed by atoms with E-state index in [1.165, 1.54) is 0 Å². The summed E-state index contributed by atoms with van der Waals surface area (Å²) in [5.74, 6) is -0.00240. The van der Waals surface area contributed by atoms with Crippen LogP contribution >= 0.6 is 0 Å². The molecule has 24 heavy (non-hydrogen) atoms. The molecule has 2 aromatic carbocycles. The van der Waals surface area contributed by atoms with Crippen molar-refractivity contribution in [2.24, 2.45) is 0 Å². The maximum absolute atomic E-state index is 12.9. The summed E-state index contributed by atoms with van der Waals surface area (Å²) < 4.78 is 0. The van der Waals surface area contributed by atoms with Crippen LogP contribution in [0.1, 0.15) is 35.0 Å². The Hall–Kier alpha value is -3.06. The number of carbonyl (C=O) groups excluding carboxylic acids is 1. The molecule has 4 heteroatoms. The SMILES string of the molecule is CCCN(Cc1ccc(C#N)cc1)C(=O)c1cc2ccccc2[nH]1. The molecule has 0 radical (unpaired) electrons. The minimum atomic E-state index is -0.00240. The molecule has 120 valence electrons. The minimum Gasteiger partial charge on any atom is -0.351 e. The molecule has 3 rings (SSSR count). The predicted molar refractivity (Wildman–Crippen MR) is 94.5 cm³/mol. The second-order valence-electron chi connectivity index (χ2n) is 5.81. The first-order chi connectivity index (χ1) is 11.7. The van der Waals surface area contributed by atoms with Crippen molar-refractivity contribution in [2.75, 3.05) is 6.54 Å². The van der Waals surface area contributed by atoms with Gasteiger partial charge in [-0.05, 0) is 36.2 Å². The van der Waals surface area contributed by atoms with Crippen molar-refractivity contribution < 1.29 is 4.79 Å². The summed E-state index contributed by atoms with van der Waals surface area (Å²) in [6.07, 6.45) is 0.891. The molecule has 1 N–H and O–H groups in total. The summed E-state index contributed by atoms with van der Waals surface area (Å²) in [7, 11) is 0. The number of hydrogen-bond acceptors (Lipinski definition) is 2. The maximum Gasteiger partial charge on any atom is 0.270 e. The molecule has 0 bridgehead atoms. The maximum atomic E-state index is 12.9. The van der Waals surface area contributed by atoms with Crippen LogP contribution in [0.25, 0.3) is 10.9 Å². The molecule has 0 spiro atoms. The van der Waals surface area contributed by atoms with Gasteiger partial charge in [0.1, 0.15) is 5.69 Å². The van der Waals surface area contributed by atoms with E-state index in [-0.39, 0.29) is 5.91 Å². The van der Waals surface area contributed by atoms with Gasteiger partial charge < -0.3 is 9.88 Å². The average molecular weight is 317 g/mol. The van der Waals surface area contributed by atoms with Crippen LogP contribution < -0.4 is 0 Å². The van der Waals surface area contributed by atoms with E-state index in [9.17, 15) is 4.79 Å². The van der Waals surface area contributed by atoms with Crippen LogP contribution in [0.4, 0.5) is 0 Å². The summed E-state index contributed by atoms with van der Waals surface area (Å²) in [4.78, 5) is 17.9. The zero-order chi connectivity index (χ0) is 16.9. The van der Waals surface area contributed by atoms with Crippen LogP contribution in [-0.2, 0) is 6.54 Å². The molecule has 4 nitrogen and oxygen atoms in total. The van der Waals surface area contributed by atoms with Gasteiger partial charge in [-0.15, -0.1) is 0 Å². The molecule has 0 saturated carbocycles. The number of amides is 1. The molecule has 0 unspecified atom stereocenters. The Morgan fingerprint density at radius 3 is 2.58 bits per heavy atom. The standard InChI is InChI=1S/C20H19N3O/c1-2-11-23(14-16-9-7-15(13-21)8-10-16)20(24)19-12-17-5-3-4-6-18(17)22-19/h3-10,12,22H,2,11,14H2,1H3. The van der Waals surface area contributed by atoms with Crippen LogP contribution in [0.3, 0.4) is 0 Å². The Morgan fingerprint density at radius 1 is 1.17 bits per heavy atom. The molecule has 0 saturated heterocycles. The Balaban J connectivity index is 1.83. The second kappa shape index (κ2) is 7.01. The molecular weight excluding hydrogens is 298 g/mol. The molecule has 1 aromatic heterocycles. The molecule has 3 aromatic rings. The van der Waals surface area contributed by atoms with E-state index in [1.807, 2.05) is 47.4 Å². The molecule has 0 atom stereocenters. The predicted octanol–water partition coefficient (Wildman–Crippen LogP) is 4.09. The molecule has 0 aliphatic heterocycles. The van der Waals surface area contributed by atoms with E-state index in [0.717, 1.165) is 22.9 Å². The third-order valence-corrected chi connectivity index (χ3v) is 4.00. The second-order valence-corrected chi connectivity index (χ2v) is 5.81. The number of aromatic amines is 1. The number of rotatable bonds is 5. The Labute approximate surface area is 141 Å². The van der Waals surface area contributed by atoms with Gasteiger partial charge in [0.25, 0.3) is 5.91 Å². The van der Waals surface area contributed by atoms with Crippen molar-refractivity contribution in [1.82, 2.24) is 9.88 Å². The van der Waals surface area contributed by atoms with Gasteiger partial charge in [-0.3, -0.25) is 4.79 Å². The van der Waals surface area contributed by atoms with E-state index in [4.69, 9.17) is 5.26 Å². The van der Waals surface area contributed by atoms with Crippen molar-refractivity contribution in [3.05, 3.63) is 71.4 Å². The fourth-order valence-corrected chi connectivity index (χ4v) is 2.79. The van der Waals surface area contributed by atoms with E-state index >= 15 is 0 Å². The van der Waals surface area contributed by atoms with E-state index in [0.29, 0.717) is 24.3 Å². The van der Waals surface area contributed by atoms with E-state index in [2.05, 4.69) is 18.0 Å². The molecule has 0 aliphatic carbocycles. The highest BCUT2D eigenvalue weighted by molar-refractivity contribution is 5.98. The van der Waals surface area contributed by atoms with Gasteiger partial charge in [0.15, 0.2) is 0 Å². The number of aromatic nitrogens is 1. The monoisotopic (exact) mass is 317 g/mol. The minimum absolute atomic E-state index is 0.00240. The first-order valence-electron chi connectivity index (χ1n) is 8.07. The lowest BCUT2D eigenvalue weighted by Gasteiger charge is -2.21. The third kappa shape index (κ3) is 3.31. The fourth-order valence-electron chi connectivity index (χ4n) is 2.79. The highest BCUT2D eigenvalue weighted by Crippen LogP contribution is 2.17. The largest absolute Gasteiger partial charge is 0.351 e. The zero-order valence-electron chi connectivity index (χ0n) is 13.6. The van der Waals surface area contributed by atoms with Crippen LogP contribution in [0.5, 0.6) is 0 Å². The first kappa shape index (κ1) is 15.8. The number of benzene rings is 2. The molecule has 0 aliphatic rings. The van der Waals surface area contributed by atoms with Crippen molar-refractivity contribution in [3.63, 3.8) is 0 Å². The highest BCUT2D eigenvalue weighted by Gasteiger charge is 2.17. The van der Waals surface area contributed by atoms with Crippen molar-refractivity contribution >= 4 is 16.8 Å². The summed E-state index contributed by atoms with van der Waals surface area (Å²) >= 11 is 0. The lowest BCUT2D eigenvalue weighted by Crippen LogP contribution is -2.31. The Kier molecular flexibility index (Phi) is 4.62. The number of fused-ring (bicyclic) bond motifs is 1. The fraction of sp³-hybridized carbons (Fsp3) is 0.200. The van der Waals surface area contributed by atoms with Crippen LogP contribution in [-0.4, -0.2) is 22.3 Å². The number of nitrogens with one attached hydrogen (secondary N) is 1. The Bertz CT molecular complexity index is 854. The normalized spacial score (nSPS) is 10.5. The lowest BCUT2D eigenvalue weighted by atomic mass is 10.1. The van der Waals surface area contributed by atoms with Crippen molar-refractivity contribution in [3.8, 4) is 6.07 Å². The zero-order valence-corrected chi connectivity index (χ0v) is 13.6. The van der Waals surface area contributed by atoms with Crippen LogP contribution in [0.2, 0.25) is 0 Å².